The SMILES string of the molecule is Cc1cccc(NCC(O)COc2cnsn2)c1Br. The van der Waals surface area contributed by atoms with Crippen molar-refractivity contribution in [3.05, 3.63) is 34.4 Å². The molecule has 7 heteroatoms. The zero-order chi connectivity index (χ0) is 13.7. The molecule has 1 aromatic carbocycles. The number of aliphatic hydroxyl groups excluding tert-OH is 1. The molecule has 1 heterocycles. The quantitative estimate of drug-likeness (QED) is 0.843. The van der Waals surface area contributed by atoms with Crippen molar-refractivity contribution in [1.82, 2.24) is 8.75 Å². The molecular formula is C12H14BrN3O2S. The maximum absolute atomic E-state index is 9.82. The molecule has 0 spiro atoms. The van der Waals surface area contributed by atoms with Gasteiger partial charge in [0.15, 0.2) is 0 Å². The molecule has 1 atom stereocenters. The highest BCUT2D eigenvalue weighted by Crippen LogP contribution is 2.25. The lowest BCUT2D eigenvalue weighted by molar-refractivity contribution is 0.115. The maximum atomic E-state index is 9.82. The number of benzene rings is 1. The molecule has 1 unspecified atom stereocenters. The van der Waals surface area contributed by atoms with Crippen LogP contribution in [-0.4, -0.2) is 33.1 Å². The van der Waals surface area contributed by atoms with Crippen molar-refractivity contribution >= 4 is 33.3 Å². The molecule has 0 saturated carbocycles. The standard InChI is InChI=1S/C12H14BrN3O2S/c1-8-3-2-4-10(12(8)13)14-5-9(17)7-18-11-6-15-19-16-11/h2-4,6,9,14,17H,5,7H2,1H3. The van der Waals surface area contributed by atoms with Gasteiger partial charge < -0.3 is 15.2 Å². The molecule has 0 amide bonds. The Morgan fingerprint density at radius 1 is 1.53 bits per heavy atom. The third-order valence-electron chi connectivity index (χ3n) is 2.48. The van der Waals surface area contributed by atoms with E-state index in [4.69, 9.17) is 4.74 Å². The number of aliphatic hydroxyl groups is 1. The third kappa shape index (κ3) is 4.15. The minimum absolute atomic E-state index is 0.182. The molecule has 0 aliphatic heterocycles. The first-order chi connectivity index (χ1) is 9.16. The summed E-state index contributed by atoms with van der Waals surface area (Å²) >= 11 is 4.59. The Kier molecular flexibility index (Phi) is 5.12. The fourth-order valence-electron chi connectivity index (χ4n) is 1.47. The van der Waals surface area contributed by atoms with Crippen LogP contribution in [-0.2, 0) is 0 Å². The molecular weight excluding hydrogens is 330 g/mol. The molecule has 0 saturated heterocycles. The Bertz CT molecular complexity index is 522. The summed E-state index contributed by atoms with van der Waals surface area (Å²) in [6.07, 6.45) is 0.913. The van der Waals surface area contributed by atoms with Gasteiger partial charge in [-0.1, -0.05) is 12.1 Å². The summed E-state index contributed by atoms with van der Waals surface area (Å²) in [5, 5.41) is 13.0. The Hall–Kier alpha value is -1.18. The highest BCUT2D eigenvalue weighted by Gasteiger charge is 2.08. The van der Waals surface area contributed by atoms with E-state index in [9.17, 15) is 5.11 Å². The summed E-state index contributed by atoms with van der Waals surface area (Å²) in [5.41, 5.74) is 2.10. The monoisotopic (exact) mass is 343 g/mol. The highest BCUT2D eigenvalue weighted by molar-refractivity contribution is 9.10. The predicted molar refractivity (Wildman–Crippen MR) is 78.8 cm³/mol. The molecule has 5 nitrogen and oxygen atoms in total. The first kappa shape index (κ1) is 14.2. The number of ether oxygens (including phenoxy) is 1. The lowest BCUT2D eigenvalue weighted by atomic mass is 10.2. The van der Waals surface area contributed by atoms with Gasteiger partial charge in [0.25, 0.3) is 0 Å². The van der Waals surface area contributed by atoms with Gasteiger partial charge in [-0.3, -0.25) is 0 Å². The number of aryl methyl sites for hydroxylation is 1. The van der Waals surface area contributed by atoms with Gasteiger partial charge in [0.2, 0.25) is 5.88 Å². The molecule has 0 fully saturated rings. The van der Waals surface area contributed by atoms with Crippen LogP contribution in [0.5, 0.6) is 5.88 Å². The zero-order valence-corrected chi connectivity index (χ0v) is 12.7. The van der Waals surface area contributed by atoms with Crippen molar-refractivity contribution in [2.45, 2.75) is 13.0 Å². The summed E-state index contributed by atoms with van der Waals surface area (Å²) in [5.74, 6) is 0.445. The molecule has 2 aromatic rings. The number of nitrogens with one attached hydrogen (secondary N) is 1. The first-order valence-corrected chi connectivity index (χ1v) is 7.26. The van der Waals surface area contributed by atoms with E-state index in [-0.39, 0.29) is 6.61 Å². The smallest absolute Gasteiger partial charge is 0.245 e. The van der Waals surface area contributed by atoms with Crippen molar-refractivity contribution in [1.29, 1.82) is 0 Å². The average Bonchev–Trinajstić information content (AvgIpc) is 2.91. The molecule has 0 bridgehead atoms. The number of nitrogens with zero attached hydrogens (tertiary/aromatic N) is 2. The van der Waals surface area contributed by atoms with Crippen molar-refractivity contribution in [3.8, 4) is 5.88 Å². The van der Waals surface area contributed by atoms with Gasteiger partial charge in [-0.2, -0.15) is 4.37 Å². The highest BCUT2D eigenvalue weighted by atomic mass is 79.9. The van der Waals surface area contributed by atoms with E-state index in [0.29, 0.717) is 12.4 Å². The Morgan fingerprint density at radius 2 is 2.37 bits per heavy atom. The Balaban J connectivity index is 1.80. The summed E-state index contributed by atoms with van der Waals surface area (Å²) < 4.78 is 14.0. The van der Waals surface area contributed by atoms with Crippen LogP contribution in [0.2, 0.25) is 0 Å². The van der Waals surface area contributed by atoms with Crippen LogP contribution < -0.4 is 10.1 Å². The average molecular weight is 344 g/mol. The van der Waals surface area contributed by atoms with Crippen LogP contribution in [0.1, 0.15) is 5.56 Å². The van der Waals surface area contributed by atoms with Crippen molar-refractivity contribution in [3.63, 3.8) is 0 Å². The van der Waals surface area contributed by atoms with E-state index in [1.54, 1.807) is 0 Å². The predicted octanol–water partition coefficient (Wildman–Crippen LogP) is 2.46. The van der Waals surface area contributed by atoms with Crippen LogP contribution >= 0.6 is 27.7 Å². The summed E-state index contributed by atoms with van der Waals surface area (Å²) in [6, 6.07) is 5.94. The number of halogens is 1. The largest absolute Gasteiger partial charge is 0.473 e. The van der Waals surface area contributed by atoms with Crippen LogP contribution in [0.25, 0.3) is 0 Å². The molecule has 2 rings (SSSR count). The number of hydrogen-bond donors (Lipinski definition) is 2. The molecule has 0 aliphatic carbocycles. The fourth-order valence-corrected chi connectivity index (χ4v) is 2.24. The second-order valence-corrected chi connectivity index (χ2v) is 5.38. The van der Waals surface area contributed by atoms with Gasteiger partial charge in [-0.15, -0.1) is 4.37 Å². The van der Waals surface area contributed by atoms with E-state index in [1.165, 1.54) is 6.20 Å². The minimum Gasteiger partial charge on any atom is -0.473 e. The van der Waals surface area contributed by atoms with E-state index in [0.717, 1.165) is 27.5 Å². The molecule has 0 aliphatic rings. The summed E-state index contributed by atoms with van der Waals surface area (Å²) in [7, 11) is 0. The number of hydrogen-bond acceptors (Lipinski definition) is 6. The molecule has 102 valence electrons. The zero-order valence-electron chi connectivity index (χ0n) is 10.3. The van der Waals surface area contributed by atoms with Crippen LogP contribution in [0.3, 0.4) is 0 Å². The van der Waals surface area contributed by atoms with E-state index < -0.39 is 6.10 Å². The Labute approximate surface area is 124 Å². The van der Waals surface area contributed by atoms with Gasteiger partial charge in [-0.05, 0) is 34.5 Å². The Morgan fingerprint density at radius 3 is 3.11 bits per heavy atom. The van der Waals surface area contributed by atoms with E-state index in [1.807, 2.05) is 25.1 Å². The topological polar surface area (TPSA) is 67.3 Å². The van der Waals surface area contributed by atoms with Gasteiger partial charge in [0.1, 0.15) is 18.9 Å². The first-order valence-electron chi connectivity index (χ1n) is 5.74. The molecule has 0 radical (unpaired) electrons. The van der Waals surface area contributed by atoms with Crippen molar-refractivity contribution in [2.24, 2.45) is 0 Å². The number of aromatic nitrogens is 2. The lowest BCUT2D eigenvalue weighted by Gasteiger charge is -2.14. The second kappa shape index (κ2) is 6.83. The number of anilines is 1. The fraction of sp³-hybridized carbons (Fsp3) is 0.333. The van der Waals surface area contributed by atoms with Crippen molar-refractivity contribution < 1.29 is 9.84 Å². The second-order valence-electron chi connectivity index (χ2n) is 4.03. The van der Waals surface area contributed by atoms with Crippen LogP contribution in [0.4, 0.5) is 5.69 Å². The minimum atomic E-state index is -0.617. The maximum Gasteiger partial charge on any atom is 0.245 e. The normalized spacial score (nSPS) is 12.2. The van der Waals surface area contributed by atoms with Crippen LogP contribution in [0, 0.1) is 6.92 Å². The summed E-state index contributed by atoms with van der Waals surface area (Å²) in [4.78, 5) is 0. The molecule has 1 aromatic heterocycles. The van der Waals surface area contributed by atoms with E-state index >= 15 is 0 Å². The third-order valence-corrected chi connectivity index (χ3v) is 4.00. The van der Waals surface area contributed by atoms with Gasteiger partial charge in [-0.25, -0.2) is 0 Å². The van der Waals surface area contributed by atoms with Crippen LogP contribution in [0.15, 0.2) is 28.9 Å². The van der Waals surface area contributed by atoms with Gasteiger partial charge in [0.05, 0.1) is 11.7 Å². The molecule has 2 N–H and O–H groups in total. The molecule has 19 heavy (non-hydrogen) atoms. The lowest BCUT2D eigenvalue weighted by Crippen LogP contribution is -2.26. The van der Waals surface area contributed by atoms with Crippen molar-refractivity contribution in [2.75, 3.05) is 18.5 Å². The van der Waals surface area contributed by atoms with Gasteiger partial charge in [0, 0.05) is 16.7 Å². The van der Waals surface area contributed by atoms with E-state index in [2.05, 4.69) is 30.0 Å². The van der Waals surface area contributed by atoms with Gasteiger partial charge >= 0.3 is 0 Å². The number of rotatable bonds is 6. The summed E-state index contributed by atoms with van der Waals surface area (Å²) in [6.45, 7) is 2.60.